The van der Waals surface area contributed by atoms with E-state index in [1.807, 2.05) is 40.7 Å². The predicted molar refractivity (Wildman–Crippen MR) is 220 cm³/mol. The number of aliphatic hydroxyl groups excluding tert-OH is 1. The van der Waals surface area contributed by atoms with Gasteiger partial charge >= 0.3 is 12.2 Å². The molecular weight excluding hydrogens is 729 g/mol. The summed E-state index contributed by atoms with van der Waals surface area (Å²) in [5.41, 5.74) is 2.05. The summed E-state index contributed by atoms with van der Waals surface area (Å²) in [6, 6.07) is 15.6. The summed E-state index contributed by atoms with van der Waals surface area (Å²) in [4.78, 5) is 59.9. The zero-order chi connectivity index (χ0) is 41.7. The van der Waals surface area contributed by atoms with Crippen molar-refractivity contribution in [1.82, 2.24) is 19.5 Å². The maximum Gasteiger partial charge on any atom is 0.416 e. The second kappa shape index (κ2) is 17.6. The molecule has 0 bridgehead atoms. The fraction of sp³-hybridized carbons (Fsp3) is 0.476. The monoisotopic (exact) mass is 784 g/mol. The Morgan fingerprint density at radius 2 is 1.63 bits per heavy atom. The number of aromatic nitrogens is 3. The van der Waals surface area contributed by atoms with Gasteiger partial charge in [0.05, 0.1) is 25.4 Å². The number of nitrogens with zero attached hydrogens (tertiary/aromatic N) is 5. The molecule has 2 aromatic heterocycles. The SMILES string of the molecule is CCC(=O)Nc1cccc(C(=O)Nc2cccc(CN(C(=O)OC(C)(C)C)c3cc(NC[C@H]4CCN(C(=O)OC(C)(C)C)C[C@@H]4O)nc4c(C(C)C)cnn34)c2)c1. The Balaban J connectivity index is 1.42. The molecule has 306 valence electrons. The fourth-order valence-corrected chi connectivity index (χ4v) is 6.28. The van der Waals surface area contributed by atoms with Gasteiger partial charge in [-0.05, 0) is 89.8 Å². The van der Waals surface area contributed by atoms with Crippen molar-refractivity contribution in [3.05, 3.63) is 77.5 Å². The number of benzene rings is 2. The molecule has 57 heavy (non-hydrogen) atoms. The number of anilines is 4. The molecule has 0 unspecified atom stereocenters. The van der Waals surface area contributed by atoms with Gasteiger partial charge in [-0.3, -0.25) is 14.5 Å². The number of likely N-dealkylation sites (tertiary alicyclic amines) is 1. The van der Waals surface area contributed by atoms with Crippen LogP contribution in [0, 0.1) is 5.92 Å². The van der Waals surface area contributed by atoms with Crippen LogP contribution < -0.4 is 20.9 Å². The molecule has 15 heteroatoms. The van der Waals surface area contributed by atoms with Gasteiger partial charge in [0.25, 0.3) is 5.91 Å². The van der Waals surface area contributed by atoms with Crippen molar-refractivity contribution in [2.24, 2.45) is 5.92 Å². The largest absolute Gasteiger partial charge is 0.444 e. The van der Waals surface area contributed by atoms with Gasteiger partial charge in [0.2, 0.25) is 5.91 Å². The molecule has 15 nitrogen and oxygen atoms in total. The highest BCUT2D eigenvalue weighted by Crippen LogP contribution is 2.30. The fourth-order valence-electron chi connectivity index (χ4n) is 6.28. The number of carbonyl (C=O) groups is 4. The first kappa shape index (κ1) is 42.4. The highest BCUT2D eigenvalue weighted by molar-refractivity contribution is 6.05. The second-order valence-corrected chi connectivity index (χ2v) is 16.6. The molecule has 3 heterocycles. The topological polar surface area (TPSA) is 180 Å². The maximum absolute atomic E-state index is 14.1. The van der Waals surface area contributed by atoms with E-state index in [4.69, 9.17) is 14.5 Å². The van der Waals surface area contributed by atoms with Crippen molar-refractivity contribution in [3.8, 4) is 0 Å². The van der Waals surface area contributed by atoms with E-state index in [2.05, 4.69) is 21.0 Å². The average Bonchev–Trinajstić information content (AvgIpc) is 3.56. The van der Waals surface area contributed by atoms with Crippen LogP contribution in [-0.2, 0) is 20.8 Å². The van der Waals surface area contributed by atoms with E-state index < -0.39 is 29.5 Å². The van der Waals surface area contributed by atoms with Crippen molar-refractivity contribution in [1.29, 1.82) is 0 Å². The zero-order valence-electron chi connectivity index (χ0n) is 34.4. The van der Waals surface area contributed by atoms with Gasteiger partial charge in [0, 0.05) is 54.0 Å². The predicted octanol–water partition coefficient (Wildman–Crippen LogP) is 7.43. The lowest BCUT2D eigenvalue weighted by molar-refractivity contribution is -0.115. The standard InChI is InChI=1S/C42H56N8O7/c1-10-35(52)45-31-16-12-14-28(20-31)38(53)46-30-15-11-13-27(19-30)24-49(40(55)57-42(7,8)9)36-21-34(47-37-32(26(2)3)23-44-50(36)37)43-22-29-17-18-48(25-33(29)51)39(54)56-41(4,5)6/h11-16,19-21,23,26,29,33,51H,10,17-18,22,24-25H2,1-9H3,(H,43,47)(H,45,52)(H,46,53)/t29-,33+/m1/s1. The first-order valence-electron chi connectivity index (χ1n) is 19.4. The lowest BCUT2D eigenvalue weighted by atomic mass is 9.94. The van der Waals surface area contributed by atoms with E-state index in [1.165, 1.54) is 9.80 Å². The number of carbonyl (C=O) groups excluding carboxylic acids is 4. The normalized spacial score (nSPS) is 15.9. The number of β-amino-alcohol motifs (C(OH)–C–C–N with tert-alkyl or cyclic N) is 1. The highest BCUT2D eigenvalue weighted by atomic mass is 16.6. The summed E-state index contributed by atoms with van der Waals surface area (Å²) in [5, 5.41) is 24.8. The molecule has 4 N–H and O–H groups in total. The Kier molecular flexibility index (Phi) is 13.1. The minimum Gasteiger partial charge on any atom is -0.444 e. The summed E-state index contributed by atoms with van der Waals surface area (Å²) in [5.74, 6) is 0.218. The molecule has 4 amide bonds. The third-order valence-electron chi connectivity index (χ3n) is 9.17. The second-order valence-electron chi connectivity index (χ2n) is 16.6. The van der Waals surface area contributed by atoms with E-state index in [0.717, 1.165) is 5.56 Å². The van der Waals surface area contributed by atoms with E-state index in [-0.39, 0.29) is 36.7 Å². The number of rotatable bonds is 11. The lowest BCUT2D eigenvalue weighted by Crippen LogP contribution is -2.49. The van der Waals surface area contributed by atoms with E-state index in [9.17, 15) is 24.3 Å². The number of amides is 4. The smallest absolute Gasteiger partial charge is 0.416 e. The molecule has 5 rings (SSSR count). The van der Waals surface area contributed by atoms with Crippen molar-refractivity contribution in [3.63, 3.8) is 0 Å². The number of fused-ring (bicyclic) bond motifs is 1. The minimum absolute atomic E-state index is 0.0500. The van der Waals surface area contributed by atoms with Crippen LogP contribution >= 0.6 is 0 Å². The van der Waals surface area contributed by atoms with Gasteiger partial charge in [-0.25, -0.2) is 14.6 Å². The molecule has 1 saturated heterocycles. The van der Waals surface area contributed by atoms with Crippen LogP contribution in [0.2, 0.25) is 0 Å². The van der Waals surface area contributed by atoms with Crippen molar-refractivity contribution >= 4 is 52.7 Å². The molecule has 0 saturated carbocycles. The Morgan fingerprint density at radius 1 is 0.947 bits per heavy atom. The van der Waals surface area contributed by atoms with Crippen molar-refractivity contribution < 1.29 is 33.8 Å². The Morgan fingerprint density at radius 3 is 2.28 bits per heavy atom. The lowest BCUT2D eigenvalue weighted by Gasteiger charge is -2.36. The Bertz CT molecular complexity index is 2080. The van der Waals surface area contributed by atoms with Crippen LogP contribution in [0.25, 0.3) is 5.65 Å². The first-order valence-corrected chi connectivity index (χ1v) is 19.4. The van der Waals surface area contributed by atoms with Crippen molar-refractivity contribution in [2.45, 2.75) is 105 Å². The number of hydrogen-bond donors (Lipinski definition) is 4. The molecule has 1 aliphatic heterocycles. The quantitative estimate of drug-likeness (QED) is 0.120. The molecule has 2 aromatic carbocycles. The first-order chi connectivity index (χ1) is 26.8. The van der Waals surface area contributed by atoms with Crippen LogP contribution in [0.3, 0.4) is 0 Å². The molecule has 0 spiro atoms. The molecule has 1 fully saturated rings. The van der Waals surface area contributed by atoms with Crippen LogP contribution in [0.1, 0.15) is 103 Å². The average molecular weight is 785 g/mol. The third kappa shape index (κ3) is 11.4. The van der Waals surface area contributed by atoms with Crippen LogP contribution in [-0.4, -0.2) is 85.5 Å². The van der Waals surface area contributed by atoms with Gasteiger partial charge in [0.15, 0.2) is 5.65 Å². The number of aliphatic hydroxyl groups is 1. The van der Waals surface area contributed by atoms with Crippen LogP contribution in [0.4, 0.5) is 32.6 Å². The number of hydrogen-bond acceptors (Lipinski definition) is 10. The highest BCUT2D eigenvalue weighted by Gasteiger charge is 2.33. The van der Waals surface area contributed by atoms with Crippen LogP contribution in [0.5, 0.6) is 0 Å². The van der Waals surface area contributed by atoms with Gasteiger partial charge in [-0.15, -0.1) is 0 Å². The number of ether oxygens (including phenoxy) is 2. The van der Waals surface area contributed by atoms with Gasteiger partial charge in [-0.2, -0.15) is 9.61 Å². The van der Waals surface area contributed by atoms with Gasteiger partial charge in [0.1, 0.15) is 22.8 Å². The third-order valence-corrected chi connectivity index (χ3v) is 9.17. The molecule has 0 radical (unpaired) electrons. The number of nitrogens with one attached hydrogen (secondary N) is 3. The molecule has 4 aromatic rings. The van der Waals surface area contributed by atoms with E-state index in [0.29, 0.717) is 65.7 Å². The number of piperidine rings is 1. The Hall–Kier alpha value is -5.70. The van der Waals surface area contributed by atoms with Crippen LogP contribution in [0.15, 0.2) is 60.8 Å². The summed E-state index contributed by atoms with van der Waals surface area (Å²) >= 11 is 0. The summed E-state index contributed by atoms with van der Waals surface area (Å²) in [7, 11) is 0. The Labute approximate surface area is 334 Å². The van der Waals surface area contributed by atoms with Gasteiger partial charge < -0.3 is 35.4 Å². The zero-order valence-corrected chi connectivity index (χ0v) is 34.4. The van der Waals surface area contributed by atoms with E-state index in [1.54, 1.807) is 86.9 Å². The molecule has 2 atom stereocenters. The van der Waals surface area contributed by atoms with E-state index >= 15 is 0 Å². The molecular formula is C42H56N8O7. The molecule has 1 aliphatic rings. The molecule has 0 aliphatic carbocycles. The van der Waals surface area contributed by atoms with Crippen molar-refractivity contribution in [2.75, 3.05) is 40.5 Å². The van der Waals surface area contributed by atoms with Gasteiger partial charge in [-0.1, -0.05) is 39.0 Å². The summed E-state index contributed by atoms with van der Waals surface area (Å²) in [6.45, 7) is 17.6. The summed E-state index contributed by atoms with van der Waals surface area (Å²) < 4.78 is 13.1. The maximum atomic E-state index is 14.1. The summed E-state index contributed by atoms with van der Waals surface area (Å²) in [6.07, 6.45) is 0.735. The minimum atomic E-state index is -0.818.